The quantitative estimate of drug-likeness (QED) is 0.544. The first-order valence-electron chi connectivity index (χ1n) is 7.19. The largest absolute Gasteiger partial charge is 0.257 e. The van der Waals surface area contributed by atoms with Crippen molar-refractivity contribution in [2.75, 3.05) is 5.75 Å². The number of hydrogen-bond acceptors (Lipinski definition) is 5. The van der Waals surface area contributed by atoms with Gasteiger partial charge in [0.15, 0.2) is 10.8 Å². The van der Waals surface area contributed by atoms with Gasteiger partial charge in [-0.1, -0.05) is 17.8 Å². The van der Waals surface area contributed by atoms with Crippen LogP contribution in [0.5, 0.6) is 0 Å². The third-order valence-electron chi connectivity index (χ3n) is 3.93. The Kier molecular flexibility index (Phi) is 3.23. The summed E-state index contributed by atoms with van der Waals surface area (Å²) in [5.74, 6) is 1.80. The summed E-state index contributed by atoms with van der Waals surface area (Å²) in [4.78, 5) is 7.44. The number of nitrogens with zero attached hydrogens (tertiary/aromatic N) is 4. The van der Waals surface area contributed by atoms with E-state index >= 15 is 0 Å². The molecule has 0 bridgehead atoms. The second-order valence-electron chi connectivity index (χ2n) is 5.29. The van der Waals surface area contributed by atoms with E-state index in [1.807, 2.05) is 24.3 Å². The standard InChI is InChI=1S/C15H16N4S2/c1-3-8-20-15-18-17-13-12-10-6-4-5-7-11(10)21-14(12)16-9(2)19(13)15/h3H,1,4-8H2,2H3. The molecule has 0 saturated heterocycles. The van der Waals surface area contributed by atoms with Gasteiger partial charge >= 0.3 is 0 Å². The van der Waals surface area contributed by atoms with Gasteiger partial charge < -0.3 is 0 Å². The van der Waals surface area contributed by atoms with Crippen molar-refractivity contribution in [1.29, 1.82) is 0 Å². The first-order chi connectivity index (χ1) is 10.3. The molecule has 0 radical (unpaired) electrons. The number of aromatic nitrogens is 4. The number of rotatable bonds is 3. The molecule has 1 aliphatic rings. The molecule has 0 saturated carbocycles. The van der Waals surface area contributed by atoms with E-state index in [1.165, 1.54) is 35.1 Å². The van der Waals surface area contributed by atoms with Crippen LogP contribution in [0, 0.1) is 6.92 Å². The highest BCUT2D eigenvalue weighted by molar-refractivity contribution is 7.99. The van der Waals surface area contributed by atoms with E-state index in [9.17, 15) is 0 Å². The number of thioether (sulfide) groups is 1. The maximum atomic E-state index is 4.81. The molecule has 6 heteroatoms. The van der Waals surface area contributed by atoms with Crippen LogP contribution in [0.4, 0.5) is 0 Å². The van der Waals surface area contributed by atoms with Gasteiger partial charge in [-0.15, -0.1) is 28.1 Å². The van der Waals surface area contributed by atoms with Gasteiger partial charge in [0.1, 0.15) is 10.7 Å². The lowest BCUT2D eigenvalue weighted by Gasteiger charge is -2.10. The second kappa shape index (κ2) is 5.10. The van der Waals surface area contributed by atoms with Crippen LogP contribution >= 0.6 is 23.1 Å². The fourth-order valence-electron chi connectivity index (χ4n) is 3.01. The van der Waals surface area contributed by atoms with Crippen LogP contribution < -0.4 is 0 Å². The summed E-state index contributed by atoms with van der Waals surface area (Å²) in [6.45, 7) is 5.80. The minimum Gasteiger partial charge on any atom is -0.257 e. The zero-order valence-electron chi connectivity index (χ0n) is 11.9. The summed E-state index contributed by atoms with van der Waals surface area (Å²) in [5.41, 5.74) is 2.44. The van der Waals surface area contributed by atoms with Gasteiger partial charge in [0.25, 0.3) is 0 Å². The molecular formula is C15H16N4S2. The number of aryl methyl sites for hydroxylation is 3. The maximum absolute atomic E-state index is 4.81. The molecule has 21 heavy (non-hydrogen) atoms. The molecule has 3 aromatic rings. The van der Waals surface area contributed by atoms with Crippen LogP contribution in [-0.2, 0) is 12.8 Å². The van der Waals surface area contributed by atoms with Crippen LogP contribution in [0.3, 0.4) is 0 Å². The van der Waals surface area contributed by atoms with Crippen molar-refractivity contribution in [2.45, 2.75) is 37.8 Å². The Morgan fingerprint density at radius 2 is 2.19 bits per heavy atom. The van der Waals surface area contributed by atoms with Crippen LogP contribution in [0.2, 0.25) is 0 Å². The molecule has 4 nitrogen and oxygen atoms in total. The summed E-state index contributed by atoms with van der Waals surface area (Å²) >= 11 is 3.49. The Morgan fingerprint density at radius 1 is 1.33 bits per heavy atom. The summed E-state index contributed by atoms with van der Waals surface area (Å²) < 4.78 is 2.10. The van der Waals surface area contributed by atoms with Crippen molar-refractivity contribution in [3.8, 4) is 0 Å². The minimum absolute atomic E-state index is 0.833. The van der Waals surface area contributed by atoms with E-state index in [0.29, 0.717) is 0 Å². The lowest BCUT2D eigenvalue weighted by molar-refractivity contribution is 0.700. The van der Waals surface area contributed by atoms with E-state index in [2.05, 4.69) is 21.2 Å². The Bertz CT molecular complexity index is 846. The van der Waals surface area contributed by atoms with Crippen molar-refractivity contribution < 1.29 is 0 Å². The van der Waals surface area contributed by atoms with Crippen molar-refractivity contribution in [3.63, 3.8) is 0 Å². The topological polar surface area (TPSA) is 43.1 Å². The van der Waals surface area contributed by atoms with E-state index in [-0.39, 0.29) is 0 Å². The van der Waals surface area contributed by atoms with Crippen molar-refractivity contribution in [1.82, 2.24) is 19.6 Å². The molecule has 0 aromatic carbocycles. The van der Waals surface area contributed by atoms with E-state index in [4.69, 9.17) is 4.98 Å². The Hall–Kier alpha value is -1.40. The molecule has 0 spiro atoms. The van der Waals surface area contributed by atoms with Crippen LogP contribution in [0.15, 0.2) is 17.8 Å². The van der Waals surface area contributed by atoms with Gasteiger partial charge in [-0.3, -0.25) is 4.40 Å². The van der Waals surface area contributed by atoms with E-state index < -0.39 is 0 Å². The Morgan fingerprint density at radius 3 is 3.05 bits per heavy atom. The number of thiophene rings is 1. The summed E-state index contributed by atoms with van der Waals surface area (Å²) in [6, 6.07) is 0. The van der Waals surface area contributed by atoms with Crippen LogP contribution in [0.1, 0.15) is 29.1 Å². The molecule has 3 aromatic heterocycles. The average molecular weight is 316 g/mol. The van der Waals surface area contributed by atoms with Crippen LogP contribution in [-0.4, -0.2) is 25.3 Å². The fraction of sp³-hybridized carbons (Fsp3) is 0.400. The molecule has 0 aliphatic heterocycles. The highest BCUT2D eigenvalue weighted by atomic mass is 32.2. The molecule has 0 fully saturated rings. The van der Waals surface area contributed by atoms with Gasteiger partial charge in [-0.05, 0) is 38.2 Å². The van der Waals surface area contributed by atoms with E-state index in [1.54, 1.807) is 11.8 Å². The number of fused-ring (bicyclic) bond motifs is 5. The molecule has 0 atom stereocenters. The molecule has 4 rings (SSSR count). The fourth-order valence-corrected chi connectivity index (χ4v) is 5.02. The SMILES string of the molecule is C=CCSc1nnc2c3c4c(sc3nc(C)n12)CCCC4. The first kappa shape index (κ1) is 13.3. The Labute approximate surface area is 131 Å². The molecule has 0 amide bonds. The zero-order chi connectivity index (χ0) is 14.4. The Balaban J connectivity index is 2.02. The monoisotopic (exact) mass is 316 g/mol. The molecule has 0 N–H and O–H groups in total. The minimum atomic E-state index is 0.833. The molecule has 3 heterocycles. The molecule has 1 aliphatic carbocycles. The van der Waals surface area contributed by atoms with Gasteiger partial charge in [0.05, 0.1) is 5.39 Å². The molecule has 108 valence electrons. The van der Waals surface area contributed by atoms with Crippen molar-refractivity contribution >= 4 is 39.0 Å². The average Bonchev–Trinajstić information content (AvgIpc) is 3.05. The van der Waals surface area contributed by atoms with Gasteiger partial charge in [0.2, 0.25) is 0 Å². The zero-order valence-corrected chi connectivity index (χ0v) is 13.6. The van der Waals surface area contributed by atoms with Gasteiger partial charge in [-0.2, -0.15) is 0 Å². The van der Waals surface area contributed by atoms with Gasteiger partial charge in [0, 0.05) is 10.6 Å². The first-order valence-corrected chi connectivity index (χ1v) is 8.99. The van der Waals surface area contributed by atoms with Crippen molar-refractivity contribution in [2.24, 2.45) is 0 Å². The number of hydrogen-bond donors (Lipinski definition) is 0. The molecular weight excluding hydrogens is 300 g/mol. The predicted molar refractivity (Wildman–Crippen MR) is 88.5 cm³/mol. The lowest BCUT2D eigenvalue weighted by Crippen LogP contribution is -2.01. The van der Waals surface area contributed by atoms with Crippen molar-refractivity contribution in [3.05, 3.63) is 28.9 Å². The summed E-state index contributed by atoms with van der Waals surface area (Å²) in [6.07, 6.45) is 6.79. The third kappa shape index (κ3) is 2.00. The van der Waals surface area contributed by atoms with E-state index in [0.717, 1.165) is 33.6 Å². The predicted octanol–water partition coefficient (Wildman–Crippen LogP) is 3.80. The smallest absolute Gasteiger partial charge is 0.197 e. The normalized spacial score (nSPS) is 14.7. The second-order valence-corrected chi connectivity index (χ2v) is 7.36. The maximum Gasteiger partial charge on any atom is 0.197 e. The van der Waals surface area contributed by atoms with Gasteiger partial charge in [-0.25, -0.2) is 4.98 Å². The molecule has 0 unspecified atom stereocenters. The van der Waals surface area contributed by atoms with Crippen LogP contribution in [0.25, 0.3) is 15.9 Å². The summed E-state index contributed by atoms with van der Waals surface area (Å²) in [5, 5.41) is 11.0. The summed E-state index contributed by atoms with van der Waals surface area (Å²) in [7, 11) is 0. The lowest BCUT2D eigenvalue weighted by atomic mass is 9.97. The third-order valence-corrected chi connectivity index (χ3v) is 6.04. The highest BCUT2D eigenvalue weighted by Gasteiger charge is 2.22. The highest BCUT2D eigenvalue weighted by Crippen LogP contribution is 2.38.